The molecule has 1 aromatic heterocycles. The van der Waals surface area contributed by atoms with Crippen molar-refractivity contribution in [1.82, 2.24) is 0 Å². The molecule has 5 heteroatoms. The van der Waals surface area contributed by atoms with Crippen LogP contribution in [-0.2, 0) is 17.8 Å². The molecule has 0 saturated carbocycles. The molecular weight excluding hydrogens is 617 g/mol. The van der Waals surface area contributed by atoms with Crippen LogP contribution in [0.4, 0.5) is 5.69 Å². The van der Waals surface area contributed by atoms with E-state index in [1.165, 1.54) is 57.1 Å². The molecule has 0 amide bonds. The van der Waals surface area contributed by atoms with E-state index in [1.807, 2.05) is 56.2 Å². The van der Waals surface area contributed by atoms with Crippen LogP contribution in [0.3, 0.4) is 0 Å². The molecule has 3 aromatic rings. The molecule has 272 valence electrons. The zero-order chi connectivity index (χ0) is 36.3. The summed E-state index contributed by atoms with van der Waals surface area (Å²) in [4.78, 5) is 15.1. The largest absolute Gasteiger partial charge is 0.487 e. The molecule has 3 atom stereocenters. The number of nitrogens with zero attached hydrogens (tertiary/aromatic N) is 2. The van der Waals surface area contributed by atoms with Crippen molar-refractivity contribution in [3.63, 3.8) is 0 Å². The van der Waals surface area contributed by atoms with Gasteiger partial charge >= 0.3 is 5.97 Å². The maximum Gasteiger partial charge on any atom is 0.378 e. The third kappa shape index (κ3) is 12.0. The van der Waals surface area contributed by atoms with E-state index in [1.54, 1.807) is 0 Å². The van der Waals surface area contributed by atoms with Crippen LogP contribution in [0.2, 0.25) is 0 Å². The van der Waals surface area contributed by atoms with Gasteiger partial charge in [0.05, 0.1) is 0 Å². The minimum absolute atomic E-state index is 0.149. The number of aryl methyl sites for hydroxylation is 1. The van der Waals surface area contributed by atoms with Gasteiger partial charge in [0.15, 0.2) is 12.4 Å². The Morgan fingerprint density at radius 2 is 1.44 bits per heavy atom. The molecule has 1 aliphatic heterocycles. The van der Waals surface area contributed by atoms with E-state index >= 15 is 0 Å². The van der Waals surface area contributed by atoms with E-state index in [9.17, 15) is 4.79 Å². The minimum Gasteiger partial charge on any atom is -0.487 e. The molecule has 0 saturated heterocycles. The summed E-state index contributed by atoms with van der Waals surface area (Å²) in [5.74, 6) is 3.80. The molecule has 0 radical (unpaired) electrons. The van der Waals surface area contributed by atoms with Crippen LogP contribution < -0.4 is 18.9 Å². The van der Waals surface area contributed by atoms with Gasteiger partial charge in [-0.15, -0.1) is 0 Å². The van der Waals surface area contributed by atoms with Crippen molar-refractivity contribution in [3.05, 3.63) is 82.7 Å². The number of pyridine rings is 1. The number of benzene rings is 2. The van der Waals surface area contributed by atoms with Gasteiger partial charge < -0.3 is 14.4 Å². The Kier molecular flexibility index (Phi) is 14.6. The molecule has 0 fully saturated rings. The third-order valence-electron chi connectivity index (χ3n) is 10.7. The second-order valence-corrected chi connectivity index (χ2v) is 16.1. The zero-order valence-corrected chi connectivity index (χ0v) is 32.7. The standard InChI is InChI=1S/C45H65N2O3/c1-33(2)13-10-14-34(3)15-11-16-35(4)17-12-27-45(7)28-24-40-31-42(36(5)37(6)44(40)50-45)49-43(48)32-47-29-25-39(26-30-47)19-18-38-20-22-41(23-21-38)46(8)9/h18-23,25-26,29-31,33-35H,10-17,24,27-28,32H2,1-9H3/q+1. The molecule has 50 heavy (non-hydrogen) atoms. The Bertz CT molecular complexity index is 1540. The lowest BCUT2D eigenvalue weighted by Gasteiger charge is -2.37. The smallest absolute Gasteiger partial charge is 0.378 e. The fraction of sp³-hybridized carbons (Fsp3) is 0.556. The SMILES string of the molecule is Cc1c(OC(=O)C[n+]2ccc(/C=C/c3ccc(N(C)C)cc3)cc2)cc2c(c1C)OC(C)(CCCC(C)CCCC(C)CCCC(C)C)CC2. The van der Waals surface area contributed by atoms with Gasteiger partial charge in [-0.05, 0) is 110 Å². The van der Waals surface area contributed by atoms with Crippen molar-refractivity contribution in [2.24, 2.45) is 17.8 Å². The van der Waals surface area contributed by atoms with E-state index in [0.29, 0.717) is 5.75 Å². The molecule has 0 bridgehead atoms. The molecule has 4 rings (SSSR count). The number of fused-ring (bicyclic) bond motifs is 1. The molecule has 1 aliphatic rings. The zero-order valence-electron chi connectivity index (χ0n) is 32.7. The Labute approximate surface area is 304 Å². The quantitative estimate of drug-likeness (QED) is 0.0761. The monoisotopic (exact) mass is 681 g/mol. The highest BCUT2D eigenvalue weighted by Gasteiger charge is 2.33. The lowest BCUT2D eigenvalue weighted by atomic mass is 9.85. The summed E-state index contributed by atoms with van der Waals surface area (Å²) in [6.45, 7) is 16.1. The fourth-order valence-electron chi connectivity index (χ4n) is 7.10. The summed E-state index contributed by atoms with van der Waals surface area (Å²) >= 11 is 0. The van der Waals surface area contributed by atoms with Crippen molar-refractivity contribution >= 4 is 23.8 Å². The molecule has 3 unspecified atom stereocenters. The van der Waals surface area contributed by atoms with Gasteiger partial charge in [0.25, 0.3) is 0 Å². The van der Waals surface area contributed by atoms with Crippen LogP contribution in [0, 0.1) is 31.6 Å². The van der Waals surface area contributed by atoms with Gasteiger partial charge in [-0.1, -0.05) is 96.9 Å². The Balaban J connectivity index is 1.23. The first kappa shape index (κ1) is 39.2. The number of hydrogen-bond donors (Lipinski definition) is 0. The topological polar surface area (TPSA) is 42.7 Å². The number of carbonyl (C=O) groups excluding carboxylic acids is 1. The summed E-state index contributed by atoms with van der Waals surface area (Å²) in [7, 11) is 4.08. The number of carbonyl (C=O) groups is 1. The van der Waals surface area contributed by atoms with Gasteiger partial charge in [0.1, 0.15) is 17.1 Å². The highest BCUT2D eigenvalue weighted by Crippen LogP contribution is 2.42. The highest BCUT2D eigenvalue weighted by molar-refractivity contribution is 5.72. The molecular formula is C45H65N2O3+. The highest BCUT2D eigenvalue weighted by atomic mass is 16.5. The summed E-state index contributed by atoms with van der Waals surface area (Å²) in [6, 6.07) is 14.5. The number of anilines is 1. The first-order valence-corrected chi connectivity index (χ1v) is 19.3. The lowest BCUT2D eigenvalue weighted by molar-refractivity contribution is -0.685. The average Bonchev–Trinajstić information content (AvgIpc) is 3.07. The summed E-state index contributed by atoms with van der Waals surface area (Å²) in [6.07, 6.45) is 21.7. The first-order chi connectivity index (χ1) is 23.8. The second kappa shape index (κ2) is 18.6. The summed E-state index contributed by atoms with van der Waals surface area (Å²) in [5.41, 5.74) is 6.43. The van der Waals surface area contributed by atoms with Gasteiger partial charge in [-0.3, -0.25) is 0 Å². The van der Waals surface area contributed by atoms with Crippen LogP contribution in [0.1, 0.15) is 127 Å². The maximum absolute atomic E-state index is 13.0. The van der Waals surface area contributed by atoms with E-state index in [2.05, 4.69) is 82.9 Å². The van der Waals surface area contributed by atoms with Crippen molar-refractivity contribution < 1.29 is 18.8 Å². The minimum atomic E-state index is -0.280. The number of aromatic nitrogens is 1. The third-order valence-corrected chi connectivity index (χ3v) is 10.7. The number of ether oxygens (including phenoxy) is 2. The molecule has 2 heterocycles. The van der Waals surface area contributed by atoms with Crippen molar-refractivity contribution in [2.75, 3.05) is 19.0 Å². The van der Waals surface area contributed by atoms with Crippen molar-refractivity contribution in [2.45, 2.75) is 131 Å². The van der Waals surface area contributed by atoms with Gasteiger partial charge in [0.2, 0.25) is 6.54 Å². The van der Waals surface area contributed by atoms with Gasteiger partial charge in [-0.2, -0.15) is 4.57 Å². The van der Waals surface area contributed by atoms with Crippen LogP contribution in [0.5, 0.6) is 11.5 Å². The molecule has 0 N–H and O–H groups in total. The molecule has 0 spiro atoms. The van der Waals surface area contributed by atoms with E-state index in [0.717, 1.165) is 70.6 Å². The second-order valence-electron chi connectivity index (χ2n) is 16.1. The molecule has 0 aliphatic carbocycles. The van der Waals surface area contributed by atoms with Crippen molar-refractivity contribution in [3.8, 4) is 11.5 Å². The van der Waals surface area contributed by atoms with Crippen LogP contribution in [0.15, 0.2) is 54.9 Å². The maximum atomic E-state index is 13.0. The summed E-state index contributed by atoms with van der Waals surface area (Å²) in [5, 5.41) is 0. The van der Waals surface area contributed by atoms with Gasteiger partial charge in [-0.25, -0.2) is 4.79 Å². The Morgan fingerprint density at radius 3 is 2.04 bits per heavy atom. The van der Waals surface area contributed by atoms with Crippen LogP contribution >= 0.6 is 0 Å². The predicted octanol–water partition coefficient (Wildman–Crippen LogP) is 11.0. The molecule has 2 aromatic carbocycles. The Hall–Kier alpha value is -3.60. The normalized spacial score (nSPS) is 17.0. The Morgan fingerprint density at radius 1 is 0.860 bits per heavy atom. The average molecular weight is 682 g/mol. The van der Waals surface area contributed by atoms with E-state index in [-0.39, 0.29) is 18.1 Å². The van der Waals surface area contributed by atoms with Gasteiger partial charge in [0, 0.05) is 31.9 Å². The number of esters is 1. The molecule has 5 nitrogen and oxygen atoms in total. The van der Waals surface area contributed by atoms with Crippen molar-refractivity contribution in [1.29, 1.82) is 0 Å². The fourth-order valence-corrected chi connectivity index (χ4v) is 7.10. The van der Waals surface area contributed by atoms with Crippen LogP contribution in [-0.4, -0.2) is 25.7 Å². The van der Waals surface area contributed by atoms with E-state index < -0.39 is 0 Å². The summed E-state index contributed by atoms with van der Waals surface area (Å²) < 4.78 is 14.6. The van der Waals surface area contributed by atoms with E-state index in [4.69, 9.17) is 9.47 Å². The first-order valence-electron chi connectivity index (χ1n) is 19.3. The lowest BCUT2D eigenvalue weighted by Crippen LogP contribution is -2.39. The van der Waals surface area contributed by atoms with Crippen LogP contribution in [0.25, 0.3) is 12.2 Å². The number of hydrogen-bond acceptors (Lipinski definition) is 4. The predicted molar refractivity (Wildman–Crippen MR) is 210 cm³/mol. The number of rotatable bonds is 18.